The molecular formula is C19H26IN3O2S. The molecular weight excluding hydrogens is 461 g/mol. The van der Waals surface area contributed by atoms with Crippen LogP contribution in [0.4, 0.5) is 0 Å². The number of hydrogen-bond acceptors (Lipinski definition) is 3. The highest BCUT2D eigenvalue weighted by Crippen LogP contribution is 2.16. The van der Waals surface area contributed by atoms with Crippen molar-refractivity contribution in [2.75, 3.05) is 13.3 Å². The number of nitrogens with zero attached hydrogens (tertiary/aromatic N) is 1. The van der Waals surface area contributed by atoms with Crippen molar-refractivity contribution < 1.29 is 8.42 Å². The maximum Gasteiger partial charge on any atom is 0.191 e. The zero-order valence-corrected chi connectivity index (χ0v) is 18.7. The van der Waals surface area contributed by atoms with Gasteiger partial charge in [-0.3, -0.25) is 4.99 Å². The van der Waals surface area contributed by atoms with Gasteiger partial charge < -0.3 is 10.6 Å². The summed E-state index contributed by atoms with van der Waals surface area (Å²) >= 11 is 0. The van der Waals surface area contributed by atoms with Crippen LogP contribution in [0, 0.1) is 13.8 Å². The van der Waals surface area contributed by atoms with Crippen molar-refractivity contribution in [1.82, 2.24) is 10.6 Å². The zero-order chi connectivity index (χ0) is 18.4. The first-order valence-corrected chi connectivity index (χ1v) is 9.98. The lowest BCUT2D eigenvalue weighted by Crippen LogP contribution is -2.36. The second kappa shape index (κ2) is 9.91. The van der Waals surface area contributed by atoms with Crippen LogP contribution >= 0.6 is 24.0 Å². The van der Waals surface area contributed by atoms with Gasteiger partial charge in [0, 0.05) is 26.4 Å². The molecule has 0 unspecified atom stereocenters. The molecule has 0 fully saturated rings. The average molecular weight is 487 g/mol. The van der Waals surface area contributed by atoms with Gasteiger partial charge in [0.05, 0.1) is 4.90 Å². The van der Waals surface area contributed by atoms with Gasteiger partial charge in [-0.1, -0.05) is 42.0 Å². The monoisotopic (exact) mass is 487 g/mol. The number of sulfone groups is 1. The summed E-state index contributed by atoms with van der Waals surface area (Å²) < 4.78 is 23.3. The minimum absolute atomic E-state index is 0. The molecule has 2 rings (SSSR count). The van der Waals surface area contributed by atoms with Gasteiger partial charge in [0.25, 0.3) is 0 Å². The number of hydrogen-bond donors (Lipinski definition) is 2. The van der Waals surface area contributed by atoms with Crippen LogP contribution in [0.1, 0.15) is 22.3 Å². The number of benzene rings is 2. The molecule has 0 atom stereocenters. The van der Waals surface area contributed by atoms with Gasteiger partial charge in [-0.15, -0.1) is 24.0 Å². The highest BCUT2D eigenvalue weighted by Gasteiger charge is 2.10. The van der Waals surface area contributed by atoms with Gasteiger partial charge >= 0.3 is 0 Å². The van der Waals surface area contributed by atoms with Gasteiger partial charge in [0.2, 0.25) is 0 Å². The third-order valence-electron chi connectivity index (χ3n) is 3.90. The fourth-order valence-electron chi connectivity index (χ4n) is 2.54. The minimum Gasteiger partial charge on any atom is -0.352 e. The van der Waals surface area contributed by atoms with Gasteiger partial charge in [-0.05, 0) is 36.6 Å². The second-order valence-electron chi connectivity index (χ2n) is 6.14. The lowest BCUT2D eigenvalue weighted by Gasteiger charge is -2.13. The van der Waals surface area contributed by atoms with E-state index in [1.807, 2.05) is 19.1 Å². The Kier molecular flexibility index (Phi) is 8.55. The van der Waals surface area contributed by atoms with E-state index in [0.717, 1.165) is 11.1 Å². The Hall–Kier alpha value is -1.61. The highest BCUT2D eigenvalue weighted by atomic mass is 127. The number of halogens is 1. The summed E-state index contributed by atoms with van der Waals surface area (Å²) in [6.07, 6.45) is 1.23. The molecule has 0 saturated carbocycles. The van der Waals surface area contributed by atoms with Crippen molar-refractivity contribution >= 4 is 39.8 Å². The Labute approximate surface area is 173 Å². The van der Waals surface area contributed by atoms with Gasteiger partial charge in [-0.25, -0.2) is 8.42 Å². The summed E-state index contributed by atoms with van der Waals surface area (Å²) in [5.41, 5.74) is 4.17. The van der Waals surface area contributed by atoms with Crippen molar-refractivity contribution in [2.45, 2.75) is 31.8 Å². The molecule has 2 aromatic carbocycles. The molecule has 142 valence electrons. The molecule has 0 radical (unpaired) electrons. The molecule has 2 aromatic rings. The van der Waals surface area contributed by atoms with Crippen LogP contribution in [0.15, 0.2) is 52.4 Å². The van der Waals surface area contributed by atoms with Crippen LogP contribution in [0.3, 0.4) is 0 Å². The Morgan fingerprint density at radius 2 is 1.50 bits per heavy atom. The highest BCUT2D eigenvalue weighted by molar-refractivity contribution is 14.0. The van der Waals surface area contributed by atoms with Gasteiger partial charge in [-0.2, -0.15) is 0 Å². The standard InChI is InChI=1S/C19H25N3O2S.HI/c1-14-5-7-16(8-6-14)12-21-19(20-3)22-13-17-9-10-18(15(2)11-17)25(4,23)24;/h5-11H,12-13H2,1-4H3,(H2,20,21,22);1H. The molecule has 0 aliphatic rings. The first-order valence-electron chi connectivity index (χ1n) is 8.09. The van der Waals surface area contributed by atoms with Gasteiger partial charge in [0.1, 0.15) is 0 Å². The summed E-state index contributed by atoms with van der Waals surface area (Å²) in [7, 11) is -1.46. The minimum atomic E-state index is -3.19. The summed E-state index contributed by atoms with van der Waals surface area (Å²) in [5.74, 6) is 0.699. The normalized spacial score (nSPS) is 11.6. The van der Waals surface area contributed by atoms with Crippen molar-refractivity contribution in [3.05, 3.63) is 64.7 Å². The van der Waals surface area contributed by atoms with E-state index in [-0.39, 0.29) is 24.0 Å². The van der Waals surface area contributed by atoms with E-state index in [2.05, 4.69) is 46.8 Å². The van der Waals surface area contributed by atoms with E-state index in [1.54, 1.807) is 13.1 Å². The smallest absolute Gasteiger partial charge is 0.191 e. The van der Waals surface area contributed by atoms with E-state index >= 15 is 0 Å². The molecule has 0 spiro atoms. The Balaban J connectivity index is 0.00000338. The van der Waals surface area contributed by atoms with Crippen LogP contribution in [0.25, 0.3) is 0 Å². The van der Waals surface area contributed by atoms with E-state index < -0.39 is 9.84 Å². The first kappa shape index (κ1) is 22.4. The lowest BCUT2D eigenvalue weighted by atomic mass is 10.1. The maximum absolute atomic E-state index is 11.7. The van der Waals surface area contributed by atoms with Crippen molar-refractivity contribution in [3.8, 4) is 0 Å². The topological polar surface area (TPSA) is 70.6 Å². The predicted octanol–water partition coefficient (Wildman–Crippen LogP) is 3.19. The fraction of sp³-hybridized carbons (Fsp3) is 0.316. The SMILES string of the molecule is CN=C(NCc1ccc(C)cc1)NCc1ccc(S(C)(=O)=O)c(C)c1.I. The Morgan fingerprint density at radius 1 is 0.962 bits per heavy atom. The molecule has 7 heteroatoms. The molecule has 0 aliphatic carbocycles. The molecule has 0 heterocycles. The molecule has 0 aromatic heterocycles. The molecule has 26 heavy (non-hydrogen) atoms. The number of rotatable bonds is 5. The van der Waals surface area contributed by atoms with E-state index in [9.17, 15) is 8.42 Å². The third kappa shape index (κ3) is 6.60. The summed E-state index contributed by atoms with van der Waals surface area (Å²) in [6.45, 7) is 5.13. The first-order chi connectivity index (χ1) is 11.8. The van der Waals surface area contributed by atoms with Crippen molar-refractivity contribution in [2.24, 2.45) is 4.99 Å². The van der Waals surface area contributed by atoms with E-state index in [4.69, 9.17) is 0 Å². The van der Waals surface area contributed by atoms with Crippen LogP contribution in [-0.2, 0) is 22.9 Å². The van der Waals surface area contributed by atoms with Gasteiger partial charge in [0.15, 0.2) is 15.8 Å². The maximum atomic E-state index is 11.7. The summed E-state index contributed by atoms with van der Waals surface area (Å²) in [5, 5.41) is 6.51. The largest absolute Gasteiger partial charge is 0.352 e. The van der Waals surface area contributed by atoms with E-state index in [1.165, 1.54) is 17.4 Å². The van der Waals surface area contributed by atoms with Crippen molar-refractivity contribution in [1.29, 1.82) is 0 Å². The van der Waals surface area contributed by atoms with Crippen LogP contribution < -0.4 is 10.6 Å². The second-order valence-corrected chi connectivity index (χ2v) is 8.12. The summed E-state index contributed by atoms with van der Waals surface area (Å²) in [4.78, 5) is 4.59. The van der Waals surface area contributed by atoms with Crippen LogP contribution in [-0.4, -0.2) is 27.7 Å². The Bertz CT molecular complexity index is 863. The van der Waals surface area contributed by atoms with Crippen LogP contribution in [0.5, 0.6) is 0 Å². The fourth-order valence-corrected chi connectivity index (χ4v) is 3.49. The molecule has 2 N–H and O–H groups in total. The Morgan fingerprint density at radius 3 is 2.00 bits per heavy atom. The quantitative estimate of drug-likeness (QED) is 0.386. The number of nitrogens with one attached hydrogen (secondary N) is 2. The summed E-state index contributed by atoms with van der Waals surface area (Å²) in [6, 6.07) is 13.7. The molecule has 0 saturated heterocycles. The third-order valence-corrected chi connectivity index (χ3v) is 5.16. The predicted molar refractivity (Wildman–Crippen MR) is 118 cm³/mol. The van der Waals surface area contributed by atoms with Crippen molar-refractivity contribution in [3.63, 3.8) is 0 Å². The van der Waals surface area contributed by atoms with Crippen LogP contribution in [0.2, 0.25) is 0 Å². The lowest BCUT2D eigenvalue weighted by molar-refractivity contribution is 0.601. The molecule has 0 bridgehead atoms. The number of guanidine groups is 1. The molecule has 0 aliphatic heterocycles. The average Bonchev–Trinajstić information content (AvgIpc) is 2.55. The number of aliphatic imine (C=N–C) groups is 1. The zero-order valence-electron chi connectivity index (χ0n) is 15.5. The number of aryl methyl sites for hydroxylation is 2. The molecule has 0 amide bonds. The van der Waals surface area contributed by atoms with E-state index in [0.29, 0.717) is 23.9 Å². The molecule has 5 nitrogen and oxygen atoms in total.